The van der Waals surface area contributed by atoms with E-state index in [1.54, 1.807) is 49.6 Å². The lowest BCUT2D eigenvalue weighted by atomic mass is 9.94. The average Bonchev–Trinajstić information content (AvgIpc) is 3.45. The molecule has 0 spiro atoms. The normalized spacial score (nSPS) is 22.0. The van der Waals surface area contributed by atoms with Gasteiger partial charge in [0.15, 0.2) is 11.5 Å². The number of Topliss-reactive ketones (excluding diaryl/α,β-unsaturated/α-hetero) is 1. The summed E-state index contributed by atoms with van der Waals surface area (Å²) in [5, 5.41) is 11.2. The van der Waals surface area contributed by atoms with E-state index in [4.69, 9.17) is 18.9 Å². The first-order valence-corrected chi connectivity index (χ1v) is 10.8. The van der Waals surface area contributed by atoms with Crippen molar-refractivity contribution in [3.8, 4) is 17.2 Å². The molecule has 0 unspecified atom stereocenters. The molecule has 0 bridgehead atoms. The largest absolute Gasteiger partial charge is 0.507 e. The first-order valence-electron chi connectivity index (χ1n) is 10.8. The van der Waals surface area contributed by atoms with Gasteiger partial charge in [0, 0.05) is 24.3 Å². The standard InChI is InChI=1S/C25H27NO7/c1-30-16-11-9-15(10-12-16)22(27)20-21(18-7-4-8-19(31-2)24(18)32-3)26(25(29)23(20)28)14-17-6-5-13-33-17/h4,7-12,17,21,27H,5-6,13-14H2,1-3H3/t17-,21+/m0/s1. The van der Waals surface area contributed by atoms with E-state index in [2.05, 4.69) is 0 Å². The van der Waals surface area contributed by atoms with Crippen LogP contribution >= 0.6 is 0 Å². The van der Waals surface area contributed by atoms with Crippen molar-refractivity contribution in [1.82, 2.24) is 4.90 Å². The van der Waals surface area contributed by atoms with Crippen molar-refractivity contribution >= 4 is 17.4 Å². The van der Waals surface area contributed by atoms with Gasteiger partial charge in [-0.05, 0) is 43.2 Å². The van der Waals surface area contributed by atoms with E-state index in [1.165, 1.54) is 19.1 Å². The second-order valence-corrected chi connectivity index (χ2v) is 7.90. The quantitative estimate of drug-likeness (QED) is 0.390. The number of benzene rings is 2. The van der Waals surface area contributed by atoms with Crippen LogP contribution in [0.2, 0.25) is 0 Å². The Morgan fingerprint density at radius 1 is 1.06 bits per heavy atom. The van der Waals surface area contributed by atoms with Crippen molar-refractivity contribution in [3.63, 3.8) is 0 Å². The molecule has 2 aliphatic rings. The molecule has 0 saturated carbocycles. The second-order valence-electron chi connectivity index (χ2n) is 7.90. The van der Waals surface area contributed by atoms with Gasteiger partial charge >= 0.3 is 0 Å². The Bertz CT molecular complexity index is 1070. The minimum absolute atomic E-state index is 0.00489. The molecule has 0 radical (unpaired) electrons. The van der Waals surface area contributed by atoms with Crippen LogP contribution in [0.5, 0.6) is 17.2 Å². The number of nitrogens with zero attached hydrogens (tertiary/aromatic N) is 1. The van der Waals surface area contributed by atoms with Crippen molar-refractivity contribution in [3.05, 3.63) is 59.2 Å². The summed E-state index contributed by atoms with van der Waals surface area (Å²) in [6.07, 6.45) is 1.51. The fourth-order valence-corrected chi connectivity index (χ4v) is 4.43. The molecule has 2 fully saturated rings. The number of methoxy groups -OCH3 is 3. The summed E-state index contributed by atoms with van der Waals surface area (Å²) >= 11 is 0. The first-order chi connectivity index (χ1) is 16.0. The van der Waals surface area contributed by atoms with E-state index >= 15 is 0 Å². The van der Waals surface area contributed by atoms with Gasteiger partial charge in [-0.3, -0.25) is 9.59 Å². The number of rotatable bonds is 7. The van der Waals surface area contributed by atoms with Crippen LogP contribution in [-0.2, 0) is 14.3 Å². The Morgan fingerprint density at radius 2 is 1.82 bits per heavy atom. The predicted molar refractivity (Wildman–Crippen MR) is 121 cm³/mol. The van der Waals surface area contributed by atoms with Crippen molar-refractivity contribution in [2.45, 2.75) is 25.0 Å². The van der Waals surface area contributed by atoms with Gasteiger partial charge in [-0.1, -0.05) is 12.1 Å². The number of hydrogen-bond donors (Lipinski definition) is 1. The van der Waals surface area contributed by atoms with E-state index < -0.39 is 17.7 Å². The smallest absolute Gasteiger partial charge is 0.295 e. The highest BCUT2D eigenvalue weighted by atomic mass is 16.5. The molecule has 174 valence electrons. The van der Waals surface area contributed by atoms with E-state index in [0.717, 1.165) is 12.8 Å². The predicted octanol–water partition coefficient (Wildman–Crippen LogP) is 3.31. The second kappa shape index (κ2) is 9.54. The molecule has 0 aliphatic carbocycles. The van der Waals surface area contributed by atoms with E-state index in [1.807, 2.05) is 0 Å². The van der Waals surface area contributed by atoms with Gasteiger partial charge in [-0.15, -0.1) is 0 Å². The number of carbonyl (C=O) groups is 2. The van der Waals surface area contributed by atoms with Crippen LogP contribution in [0.3, 0.4) is 0 Å². The molecule has 2 aromatic rings. The molecule has 2 aromatic carbocycles. The molecule has 8 heteroatoms. The van der Waals surface area contributed by atoms with Crippen LogP contribution in [0.4, 0.5) is 0 Å². The zero-order chi connectivity index (χ0) is 23.5. The number of likely N-dealkylation sites (tertiary alicyclic amines) is 1. The fourth-order valence-electron chi connectivity index (χ4n) is 4.43. The number of ether oxygens (including phenoxy) is 4. The van der Waals surface area contributed by atoms with Crippen LogP contribution in [0.25, 0.3) is 5.76 Å². The Labute approximate surface area is 192 Å². The van der Waals surface area contributed by atoms with Crippen molar-refractivity contribution in [2.24, 2.45) is 0 Å². The van der Waals surface area contributed by atoms with E-state index in [0.29, 0.717) is 35.0 Å². The minimum atomic E-state index is -0.860. The monoisotopic (exact) mass is 453 g/mol. The third kappa shape index (κ3) is 4.14. The highest BCUT2D eigenvalue weighted by molar-refractivity contribution is 6.46. The third-order valence-electron chi connectivity index (χ3n) is 6.06. The molecular formula is C25H27NO7. The number of para-hydroxylation sites is 1. The molecule has 2 aliphatic heterocycles. The van der Waals surface area contributed by atoms with Gasteiger partial charge in [0.2, 0.25) is 0 Å². The summed E-state index contributed by atoms with van der Waals surface area (Å²) in [7, 11) is 4.56. The Morgan fingerprint density at radius 3 is 2.42 bits per heavy atom. The molecule has 2 atom stereocenters. The van der Waals surface area contributed by atoms with Crippen molar-refractivity contribution in [2.75, 3.05) is 34.5 Å². The molecule has 1 amide bonds. The Balaban J connectivity index is 1.88. The maximum absolute atomic E-state index is 13.2. The van der Waals surface area contributed by atoms with Gasteiger partial charge in [-0.25, -0.2) is 0 Å². The maximum Gasteiger partial charge on any atom is 0.295 e. The van der Waals surface area contributed by atoms with Gasteiger partial charge in [-0.2, -0.15) is 0 Å². The fraction of sp³-hybridized carbons (Fsp3) is 0.360. The summed E-state index contributed by atoms with van der Waals surface area (Å²) in [6.45, 7) is 0.850. The summed E-state index contributed by atoms with van der Waals surface area (Å²) in [5.41, 5.74) is 0.941. The molecular weight excluding hydrogens is 426 g/mol. The number of ketones is 1. The van der Waals surface area contributed by atoms with Crippen molar-refractivity contribution < 1.29 is 33.6 Å². The van der Waals surface area contributed by atoms with Crippen LogP contribution in [0, 0.1) is 0 Å². The average molecular weight is 453 g/mol. The molecule has 8 nitrogen and oxygen atoms in total. The number of aliphatic hydroxyl groups is 1. The lowest BCUT2D eigenvalue weighted by Gasteiger charge is -2.28. The van der Waals surface area contributed by atoms with Gasteiger partial charge in [0.25, 0.3) is 11.7 Å². The summed E-state index contributed by atoms with van der Waals surface area (Å²) in [4.78, 5) is 27.8. The van der Waals surface area contributed by atoms with E-state index in [-0.39, 0.29) is 24.0 Å². The topological polar surface area (TPSA) is 94.5 Å². The van der Waals surface area contributed by atoms with Crippen LogP contribution in [0.1, 0.15) is 30.0 Å². The number of aliphatic hydroxyl groups excluding tert-OH is 1. The molecule has 4 rings (SSSR count). The van der Waals surface area contributed by atoms with Gasteiger partial charge < -0.3 is 29.0 Å². The van der Waals surface area contributed by atoms with E-state index in [9.17, 15) is 14.7 Å². The zero-order valence-corrected chi connectivity index (χ0v) is 18.9. The Kier molecular flexibility index (Phi) is 6.55. The molecule has 2 heterocycles. The molecule has 2 saturated heterocycles. The van der Waals surface area contributed by atoms with Gasteiger partial charge in [0.1, 0.15) is 11.5 Å². The van der Waals surface area contributed by atoms with Crippen LogP contribution in [0.15, 0.2) is 48.0 Å². The van der Waals surface area contributed by atoms with Crippen molar-refractivity contribution in [1.29, 1.82) is 0 Å². The minimum Gasteiger partial charge on any atom is -0.507 e. The van der Waals surface area contributed by atoms with Crippen LogP contribution < -0.4 is 14.2 Å². The maximum atomic E-state index is 13.2. The lowest BCUT2D eigenvalue weighted by molar-refractivity contribution is -0.140. The lowest BCUT2D eigenvalue weighted by Crippen LogP contribution is -2.36. The summed E-state index contributed by atoms with van der Waals surface area (Å²) in [5.74, 6) is -0.240. The molecule has 33 heavy (non-hydrogen) atoms. The Hall–Kier alpha value is -3.52. The summed E-state index contributed by atoms with van der Waals surface area (Å²) in [6, 6.07) is 11.0. The first kappa shape index (κ1) is 22.7. The van der Waals surface area contributed by atoms with Gasteiger partial charge in [0.05, 0.1) is 39.0 Å². The number of hydrogen-bond acceptors (Lipinski definition) is 7. The zero-order valence-electron chi connectivity index (χ0n) is 18.9. The third-order valence-corrected chi connectivity index (χ3v) is 6.06. The highest BCUT2D eigenvalue weighted by Gasteiger charge is 2.48. The molecule has 1 N–H and O–H groups in total. The van der Waals surface area contributed by atoms with Crippen LogP contribution in [-0.4, -0.2) is 62.3 Å². The number of amides is 1. The molecule has 0 aromatic heterocycles. The SMILES string of the molecule is COc1ccc(C(O)=C2C(=O)C(=O)N(C[C@@H]3CCCO3)[C@@H]2c2cccc(OC)c2OC)cc1. The summed E-state index contributed by atoms with van der Waals surface area (Å²) < 4.78 is 22.0. The highest BCUT2D eigenvalue weighted by Crippen LogP contribution is 2.45. The number of carbonyl (C=O) groups excluding carboxylic acids is 2.